The van der Waals surface area contributed by atoms with Gasteiger partial charge in [-0.3, -0.25) is 9.56 Å². The summed E-state index contributed by atoms with van der Waals surface area (Å²) in [4.78, 5) is 4.37. The summed E-state index contributed by atoms with van der Waals surface area (Å²) >= 11 is 8.70. The zero-order valence-corrected chi connectivity index (χ0v) is 13.4. The second-order valence-electron chi connectivity index (χ2n) is 4.63. The molecule has 102 valence electrons. The molecule has 2 aromatic rings. The Hall–Kier alpha value is -1.66. The lowest BCUT2D eigenvalue weighted by atomic mass is 10.1. The molecular weight excluding hydrogens is 338 g/mol. The van der Waals surface area contributed by atoms with Crippen molar-refractivity contribution in [3.63, 3.8) is 0 Å². The fourth-order valence-electron chi connectivity index (χ4n) is 2.22. The molecule has 2 heterocycles. The van der Waals surface area contributed by atoms with E-state index in [9.17, 15) is 5.11 Å². The highest BCUT2D eigenvalue weighted by Gasteiger charge is 2.16. The fraction of sp³-hybridized carbons (Fsp3) is 0.143. The van der Waals surface area contributed by atoms with E-state index >= 15 is 0 Å². The number of aromatic hydroxyl groups is 1. The van der Waals surface area contributed by atoms with Gasteiger partial charge in [0.1, 0.15) is 5.69 Å². The average molecular weight is 350 g/mol. The number of hydrogen-bond acceptors (Lipinski definition) is 3. The summed E-state index contributed by atoms with van der Waals surface area (Å²) in [5.41, 5.74) is 3.59. The zero-order chi connectivity index (χ0) is 14.4. The Labute approximate surface area is 129 Å². The molecule has 0 atom stereocenters. The van der Waals surface area contributed by atoms with Crippen LogP contribution >= 0.6 is 28.1 Å². The molecule has 0 spiro atoms. The summed E-state index contributed by atoms with van der Waals surface area (Å²) < 4.78 is 4.92. The van der Waals surface area contributed by atoms with Crippen LogP contribution in [0.15, 0.2) is 27.7 Å². The molecule has 1 aromatic heterocycles. The molecule has 0 bridgehead atoms. The van der Waals surface area contributed by atoms with E-state index in [1.54, 1.807) is 22.4 Å². The monoisotopic (exact) mass is 349 g/mol. The van der Waals surface area contributed by atoms with Crippen LogP contribution in [0.3, 0.4) is 0 Å². The van der Waals surface area contributed by atoms with Crippen LogP contribution in [-0.2, 0) is 14.1 Å². The molecule has 4 nitrogen and oxygen atoms in total. The molecule has 6 heteroatoms. The number of aliphatic imine (C=N–C) groups is 1. The van der Waals surface area contributed by atoms with Crippen LogP contribution in [-0.4, -0.2) is 20.5 Å². The molecular formula is C14H12BrN3OS. The van der Waals surface area contributed by atoms with Crippen molar-refractivity contribution >= 4 is 51.7 Å². The van der Waals surface area contributed by atoms with Gasteiger partial charge in [-0.15, -0.1) is 0 Å². The largest absolute Gasteiger partial charge is 0.493 e. The van der Waals surface area contributed by atoms with Crippen LogP contribution < -0.4 is 0 Å². The quantitative estimate of drug-likeness (QED) is 0.795. The Kier molecular flexibility index (Phi) is 3.14. The SMILES string of the molecule is Cn1c(O)c(C=C2C=Nc3ccc(Br)cc32)n(C)c1=S. The predicted molar refractivity (Wildman–Crippen MR) is 87.0 cm³/mol. The maximum Gasteiger partial charge on any atom is 0.217 e. The maximum atomic E-state index is 10.1. The van der Waals surface area contributed by atoms with Crippen LogP contribution in [0.5, 0.6) is 5.88 Å². The van der Waals surface area contributed by atoms with E-state index < -0.39 is 0 Å². The van der Waals surface area contributed by atoms with E-state index in [2.05, 4.69) is 20.9 Å². The van der Waals surface area contributed by atoms with E-state index in [-0.39, 0.29) is 5.88 Å². The summed E-state index contributed by atoms with van der Waals surface area (Å²) in [7, 11) is 3.58. The normalized spacial score (nSPS) is 15.1. The molecule has 20 heavy (non-hydrogen) atoms. The topological polar surface area (TPSA) is 42.4 Å². The lowest BCUT2D eigenvalue weighted by Crippen LogP contribution is -1.92. The van der Waals surface area contributed by atoms with Gasteiger partial charge in [-0.05, 0) is 36.5 Å². The van der Waals surface area contributed by atoms with Gasteiger partial charge in [0.25, 0.3) is 0 Å². The van der Waals surface area contributed by atoms with Gasteiger partial charge in [-0.2, -0.15) is 0 Å². The summed E-state index contributed by atoms with van der Waals surface area (Å²) in [6.07, 6.45) is 3.69. The molecule has 0 saturated carbocycles. The van der Waals surface area contributed by atoms with Crippen LogP contribution in [0.2, 0.25) is 0 Å². The van der Waals surface area contributed by atoms with E-state index in [4.69, 9.17) is 12.2 Å². The summed E-state index contributed by atoms with van der Waals surface area (Å²) in [6.45, 7) is 0. The highest BCUT2D eigenvalue weighted by molar-refractivity contribution is 9.10. The third-order valence-corrected chi connectivity index (χ3v) is 4.43. The Morgan fingerprint density at radius 1 is 1.30 bits per heavy atom. The highest BCUT2D eigenvalue weighted by Crippen LogP contribution is 2.35. The first-order valence-corrected chi connectivity index (χ1v) is 7.19. The number of benzene rings is 1. The number of fused-ring (bicyclic) bond motifs is 1. The van der Waals surface area contributed by atoms with Crippen molar-refractivity contribution in [3.05, 3.63) is 38.7 Å². The Morgan fingerprint density at radius 3 is 2.70 bits per heavy atom. The highest BCUT2D eigenvalue weighted by atomic mass is 79.9. The Balaban J connectivity index is 2.18. The molecule has 3 rings (SSSR count). The molecule has 0 aliphatic carbocycles. The predicted octanol–water partition coefficient (Wildman–Crippen LogP) is 3.82. The number of halogens is 1. The van der Waals surface area contributed by atoms with Crippen LogP contribution in [0.25, 0.3) is 11.6 Å². The van der Waals surface area contributed by atoms with Gasteiger partial charge in [-0.25, -0.2) is 0 Å². The molecule has 0 fully saturated rings. The van der Waals surface area contributed by atoms with E-state index in [0.29, 0.717) is 10.5 Å². The Bertz CT molecular complexity index is 830. The van der Waals surface area contributed by atoms with Gasteiger partial charge in [0, 0.05) is 35.9 Å². The minimum absolute atomic E-state index is 0.154. The van der Waals surface area contributed by atoms with Gasteiger partial charge in [0.15, 0.2) is 4.77 Å². The van der Waals surface area contributed by atoms with Gasteiger partial charge >= 0.3 is 0 Å². The summed E-state index contributed by atoms with van der Waals surface area (Å²) in [5.74, 6) is 0.154. The minimum atomic E-state index is 0.154. The van der Waals surface area contributed by atoms with Crippen LogP contribution in [0.1, 0.15) is 11.3 Å². The van der Waals surface area contributed by atoms with Crippen molar-refractivity contribution in [2.75, 3.05) is 0 Å². The average Bonchev–Trinajstić information content (AvgIpc) is 2.90. The van der Waals surface area contributed by atoms with Crippen molar-refractivity contribution in [2.45, 2.75) is 0 Å². The zero-order valence-electron chi connectivity index (χ0n) is 11.0. The molecule has 0 radical (unpaired) electrons. The lowest BCUT2D eigenvalue weighted by Gasteiger charge is -2.02. The first kappa shape index (κ1) is 13.3. The lowest BCUT2D eigenvalue weighted by molar-refractivity contribution is 0.430. The number of hydrogen-bond donors (Lipinski definition) is 1. The first-order chi connectivity index (χ1) is 9.49. The number of nitrogens with zero attached hydrogens (tertiary/aromatic N) is 3. The fourth-order valence-corrected chi connectivity index (χ4v) is 2.77. The number of allylic oxidation sites excluding steroid dienone is 1. The minimum Gasteiger partial charge on any atom is -0.493 e. The molecule has 1 aliphatic heterocycles. The molecule has 1 aliphatic rings. The first-order valence-electron chi connectivity index (χ1n) is 5.99. The van der Waals surface area contributed by atoms with Gasteiger partial charge in [0.05, 0.1) is 5.69 Å². The van der Waals surface area contributed by atoms with Crippen molar-refractivity contribution in [3.8, 4) is 5.88 Å². The standard InChI is InChI=1S/C14H12BrN3OS/c1-17-12(13(19)18(2)14(17)20)5-8-7-16-11-4-3-9(15)6-10(8)11/h3-7,19H,1-2H3. The smallest absolute Gasteiger partial charge is 0.217 e. The summed E-state index contributed by atoms with van der Waals surface area (Å²) in [5, 5.41) is 10.1. The van der Waals surface area contributed by atoms with E-state index in [1.807, 2.05) is 31.3 Å². The van der Waals surface area contributed by atoms with Crippen molar-refractivity contribution in [2.24, 2.45) is 19.1 Å². The van der Waals surface area contributed by atoms with Crippen molar-refractivity contribution in [1.82, 2.24) is 9.13 Å². The molecule has 1 N–H and O–H groups in total. The van der Waals surface area contributed by atoms with Crippen molar-refractivity contribution < 1.29 is 5.11 Å². The Morgan fingerprint density at radius 2 is 2.05 bits per heavy atom. The number of aromatic nitrogens is 2. The van der Waals surface area contributed by atoms with E-state index in [1.165, 1.54) is 0 Å². The van der Waals surface area contributed by atoms with E-state index in [0.717, 1.165) is 21.3 Å². The van der Waals surface area contributed by atoms with Gasteiger partial charge in [0.2, 0.25) is 5.88 Å². The molecule has 0 unspecified atom stereocenters. The maximum absolute atomic E-state index is 10.1. The van der Waals surface area contributed by atoms with Crippen molar-refractivity contribution in [1.29, 1.82) is 0 Å². The molecule has 1 aromatic carbocycles. The van der Waals surface area contributed by atoms with Crippen LogP contribution in [0.4, 0.5) is 5.69 Å². The summed E-state index contributed by atoms with van der Waals surface area (Å²) in [6, 6.07) is 5.93. The van der Waals surface area contributed by atoms with Gasteiger partial charge in [-0.1, -0.05) is 15.9 Å². The third-order valence-electron chi connectivity index (χ3n) is 3.39. The number of imidazole rings is 1. The molecule has 0 amide bonds. The second-order valence-corrected chi connectivity index (χ2v) is 5.91. The van der Waals surface area contributed by atoms with Gasteiger partial charge < -0.3 is 9.67 Å². The van der Waals surface area contributed by atoms with Crippen LogP contribution in [0, 0.1) is 4.77 Å². The second kappa shape index (κ2) is 4.71. The number of rotatable bonds is 1. The third kappa shape index (κ3) is 1.96. The molecule has 0 saturated heterocycles.